The molecule has 2 aromatic carbocycles. The summed E-state index contributed by atoms with van der Waals surface area (Å²) in [7, 11) is 0. The van der Waals surface area contributed by atoms with Gasteiger partial charge in [0.1, 0.15) is 0 Å². The number of rotatable bonds is 2. The second-order valence-corrected chi connectivity index (χ2v) is 5.46. The first-order chi connectivity index (χ1) is 9.75. The van der Waals surface area contributed by atoms with Gasteiger partial charge in [0.2, 0.25) is 0 Å². The van der Waals surface area contributed by atoms with E-state index in [0.717, 1.165) is 34.3 Å². The van der Waals surface area contributed by atoms with E-state index < -0.39 is 17.6 Å². The SMILES string of the molecule is Cc1cc(Br)cc(NC(=O)c2ccc(C(F)(F)F)cc2)c1. The number of halogens is 4. The smallest absolute Gasteiger partial charge is 0.322 e. The lowest BCUT2D eigenvalue weighted by atomic mass is 10.1. The molecule has 0 aliphatic heterocycles. The lowest BCUT2D eigenvalue weighted by molar-refractivity contribution is -0.137. The molecule has 2 nitrogen and oxygen atoms in total. The van der Waals surface area contributed by atoms with Crippen molar-refractivity contribution in [3.05, 3.63) is 63.6 Å². The predicted molar refractivity (Wildman–Crippen MR) is 78.3 cm³/mol. The average molecular weight is 358 g/mol. The Morgan fingerprint density at radius 1 is 1.10 bits per heavy atom. The molecule has 1 amide bonds. The van der Waals surface area contributed by atoms with Crippen LogP contribution in [0.3, 0.4) is 0 Å². The number of hydrogen-bond donors (Lipinski definition) is 1. The first-order valence-electron chi connectivity index (χ1n) is 6.01. The molecular formula is C15H11BrF3NO. The minimum Gasteiger partial charge on any atom is -0.322 e. The molecule has 0 aromatic heterocycles. The number of carbonyl (C=O) groups is 1. The van der Waals surface area contributed by atoms with E-state index in [2.05, 4.69) is 21.2 Å². The summed E-state index contributed by atoms with van der Waals surface area (Å²) >= 11 is 3.31. The molecule has 0 saturated carbocycles. The highest BCUT2D eigenvalue weighted by Crippen LogP contribution is 2.29. The standard InChI is InChI=1S/C15H11BrF3NO/c1-9-6-12(16)8-13(7-9)20-14(21)10-2-4-11(5-3-10)15(17,18)19/h2-8H,1H3,(H,20,21). The van der Waals surface area contributed by atoms with Gasteiger partial charge in [-0.1, -0.05) is 15.9 Å². The van der Waals surface area contributed by atoms with Crippen LogP contribution < -0.4 is 5.32 Å². The van der Waals surface area contributed by atoms with Gasteiger partial charge in [0, 0.05) is 15.7 Å². The molecule has 0 aliphatic rings. The van der Waals surface area contributed by atoms with Crippen LogP contribution in [0.15, 0.2) is 46.9 Å². The van der Waals surface area contributed by atoms with E-state index >= 15 is 0 Å². The molecule has 0 unspecified atom stereocenters. The van der Waals surface area contributed by atoms with E-state index in [9.17, 15) is 18.0 Å². The van der Waals surface area contributed by atoms with Crippen molar-refractivity contribution in [2.75, 3.05) is 5.32 Å². The molecule has 0 fully saturated rings. The van der Waals surface area contributed by atoms with Crippen LogP contribution in [0.1, 0.15) is 21.5 Å². The number of carbonyl (C=O) groups excluding carboxylic acids is 1. The Morgan fingerprint density at radius 2 is 1.71 bits per heavy atom. The molecule has 2 rings (SSSR count). The van der Waals surface area contributed by atoms with E-state index in [1.54, 1.807) is 12.1 Å². The first kappa shape index (κ1) is 15.6. The van der Waals surface area contributed by atoms with E-state index in [0.29, 0.717) is 5.69 Å². The number of anilines is 1. The first-order valence-corrected chi connectivity index (χ1v) is 6.81. The van der Waals surface area contributed by atoms with E-state index in [1.165, 1.54) is 0 Å². The largest absolute Gasteiger partial charge is 0.416 e. The van der Waals surface area contributed by atoms with E-state index in [4.69, 9.17) is 0 Å². The van der Waals surface area contributed by atoms with Gasteiger partial charge in [0.15, 0.2) is 0 Å². The second kappa shape index (κ2) is 5.89. The molecule has 0 heterocycles. The van der Waals surface area contributed by atoms with Crippen molar-refractivity contribution in [3.63, 3.8) is 0 Å². The van der Waals surface area contributed by atoms with Gasteiger partial charge >= 0.3 is 6.18 Å². The number of nitrogens with one attached hydrogen (secondary N) is 1. The molecule has 6 heteroatoms. The maximum Gasteiger partial charge on any atom is 0.416 e. The molecule has 21 heavy (non-hydrogen) atoms. The lowest BCUT2D eigenvalue weighted by Gasteiger charge is -2.09. The third kappa shape index (κ3) is 4.07. The van der Waals surface area contributed by atoms with Crippen molar-refractivity contribution >= 4 is 27.5 Å². The van der Waals surface area contributed by atoms with Crippen molar-refractivity contribution in [2.45, 2.75) is 13.1 Å². The molecule has 2 aromatic rings. The van der Waals surface area contributed by atoms with Gasteiger partial charge in [0.25, 0.3) is 5.91 Å². The Hall–Kier alpha value is -1.82. The maximum atomic E-state index is 12.5. The quantitative estimate of drug-likeness (QED) is 0.802. The molecule has 0 saturated heterocycles. The lowest BCUT2D eigenvalue weighted by Crippen LogP contribution is -2.13. The van der Waals surface area contributed by atoms with Crippen LogP contribution in [0.2, 0.25) is 0 Å². The van der Waals surface area contributed by atoms with E-state index in [1.807, 2.05) is 13.0 Å². The second-order valence-electron chi connectivity index (χ2n) is 4.55. The highest BCUT2D eigenvalue weighted by Gasteiger charge is 2.30. The monoisotopic (exact) mass is 357 g/mol. The van der Waals surface area contributed by atoms with Crippen LogP contribution in [0.4, 0.5) is 18.9 Å². The molecule has 1 N–H and O–H groups in total. The van der Waals surface area contributed by atoms with Crippen LogP contribution in [0.25, 0.3) is 0 Å². The topological polar surface area (TPSA) is 29.1 Å². The normalized spacial score (nSPS) is 11.3. The predicted octanol–water partition coefficient (Wildman–Crippen LogP) is 5.03. The zero-order valence-corrected chi connectivity index (χ0v) is 12.5. The zero-order valence-electron chi connectivity index (χ0n) is 11.0. The third-order valence-corrected chi connectivity index (χ3v) is 3.23. The number of amides is 1. The summed E-state index contributed by atoms with van der Waals surface area (Å²) in [6, 6.07) is 9.46. The number of hydrogen-bond acceptors (Lipinski definition) is 1. The maximum absolute atomic E-state index is 12.5. The highest BCUT2D eigenvalue weighted by molar-refractivity contribution is 9.10. The Labute approximate surface area is 128 Å². The van der Waals surface area contributed by atoms with Crippen LogP contribution >= 0.6 is 15.9 Å². The van der Waals surface area contributed by atoms with Crippen LogP contribution in [-0.4, -0.2) is 5.91 Å². The molecule has 0 radical (unpaired) electrons. The van der Waals surface area contributed by atoms with E-state index in [-0.39, 0.29) is 5.56 Å². The fraction of sp³-hybridized carbons (Fsp3) is 0.133. The third-order valence-electron chi connectivity index (χ3n) is 2.77. The minimum atomic E-state index is -4.41. The molecular weight excluding hydrogens is 347 g/mol. The summed E-state index contributed by atoms with van der Waals surface area (Å²) in [5, 5.41) is 2.65. The zero-order chi connectivity index (χ0) is 15.6. The van der Waals surface area contributed by atoms with Crippen LogP contribution in [0.5, 0.6) is 0 Å². The summed E-state index contributed by atoms with van der Waals surface area (Å²) in [6.07, 6.45) is -4.41. The Morgan fingerprint density at radius 3 is 2.24 bits per heavy atom. The summed E-state index contributed by atoms with van der Waals surface area (Å²) in [6.45, 7) is 1.87. The molecule has 0 atom stereocenters. The summed E-state index contributed by atoms with van der Waals surface area (Å²) < 4.78 is 38.2. The number of alkyl halides is 3. The molecule has 0 bridgehead atoms. The molecule has 110 valence electrons. The van der Waals surface area contributed by atoms with Gasteiger partial charge in [-0.05, 0) is 55.0 Å². The summed E-state index contributed by atoms with van der Waals surface area (Å²) in [4.78, 5) is 12.0. The van der Waals surface area contributed by atoms with Gasteiger partial charge in [-0.2, -0.15) is 13.2 Å². The van der Waals surface area contributed by atoms with Crippen molar-refractivity contribution in [2.24, 2.45) is 0 Å². The summed E-state index contributed by atoms with van der Waals surface area (Å²) in [5.74, 6) is -0.457. The van der Waals surface area contributed by atoms with Crippen molar-refractivity contribution in [3.8, 4) is 0 Å². The molecule has 0 aliphatic carbocycles. The number of benzene rings is 2. The van der Waals surface area contributed by atoms with Gasteiger partial charge in [-0.3, -0.25) is 4.79 Å². The summed E-state index contributed by atoms with van der Waals surface area (Å²) in [5.41, 5.74) is 0.914. The van der Waals surface area contributed by atoms with Crippen molar-refractivity contribution in [1.82, 2.24) is 0 Å². The van der Waals surface area contributed by atoms with Gasteiger partial charge in [-0.25, -0.2) is 0 Å². The Kier molecular flexibility index (Phi) is 4.37. The average Bonchev–Trinajstić information content (AvgIpc) is 2.36. The van der Waals surface area contributed by atoms with Crippen LogP contribution in [-0.2, 0) is 6.18 Å². The Bertz CT molecular complexity index is 645. The van der Waals surface area contributed by atoms with Gasteiger partial charge < -0.3 is 5.32 Å². The Balaban J connectivity index is 2.17. The highest BCUT2D eigenvalue weighted by atomic mass is 79.9. The molecule has 0 spiro atoms. The van der Waals surface area contributed by atoms with Crippen molar-refractivity contribution < 1.29 is 18.0 Å². The van der Waals surface area contributed by atoms with Crippen molar-refractivity contribution in [1.29, 1.82) is 0 Å². The fourth-order valence-corrected chi connectivity index (χ4v) is 2.43. The fourth-order valence-electron chi connectivity index (χ4n) is 1.82. The number of aryl methyl sites for hydroxylation is 1. The van der Waals surface area contributed by atoms with Gasteiger partial charge in [0.05, 0.1) is 5.56 Å². The minimum absolute atomic E-state index is 0.167. The van der Waals surface area contributed by atoms with Crippen LogP contribution in [0, 0.1) is 6.92 Å². The van der Waals surface area contributed by atoms with Gasteiger partial charge in [-0.15, -0.1) is 0 Å².